The first-order valence-electron chi connectivity index (χ1n) is 22.0. The first-order chi connectivity index (χ1) is 30.8. The van der Waals surface area contributed by atoms with Crippen LogP contribution in [0.5, 0.6) is 5.75 Å². The van der Waals surface area contributed by atoms with Gasteiger partial charge in [-0.05, 0) is 85.9 Å². The summed E-state index contributed by atoms with van der Waals surface area (Å²) >= 11 is 7.93. The number of rotatable bonds is 11. The molecule has 2 saturated heterocycles. The summed E-state index contributed by atoms with van der Waals surface area (Å²) in [4.78, 5) is 60.1. The molecule has 3 aliphatic rings. The number of nitrogens with two attached hydrogens (primary N) is 1. The SMILES string of the molecule is CCc1c2n(c3ccc(-c4cnc([C@@H]5CCCN5C(=O)[C@@H](NC(=O)OC)C(C)C)[nH]4)cc13)C(c1ccc(Cl)s1)Oc1cc(-c3cnc([C@@H]4CCCN4C(=O)[C@@H](N)C(C)C)[nH]3)cc(F)c1-2. The largest absolute Gasteiger partial charge is 0.464 e. The predicted octanol–water partition coefficient (Wildman–Crippen LogP) is 9.14. The molecule has 2 aromatic carbocycles. The summed E-state index contributed by atoms with van der Waals surface area (Å²) in [7, 11) is 1.28. The summed E-state index contributed by atoms with van der Waals surface area (Å²) in [5.74, 6) is 0.830. The van der Waals surface area contributed by atoms with E-state index >= 15 is 4.39 Å². The molecule has 3 aliphatic heterocycles. The number of hydrogen-bond acceptors (Lipinski definition) is 9. The number of thiophene rings is 1. The number of aromatic nitrogens is 5. The smallest absolute Gasteiger partial charge is 0.407 e. The molecule has 0 spiro atoms. The second kappa shape index (κ2) is 17.3. The van der Waals surface area contributed by atoms with Gasteiger partial charge in [-0.1, -0.05) is 52.3 Å². The number of nitrogens with one attached hydrogen (secondary N) is 3. The molecular formula is C47H53ClFN9O5S. The van der Waals surface area contributed by atoms with Gasteiger partial charge in [0, 0.05) is 29.6 Å². The molecule has 9 rings (SSSR count). The van der Waals surface area contributed by atoms with Crippen LogP contribution in [0, 0.1) is 17.7 Å². The van der Waals surface area contributed by atoms with Crippen molar-refractivity contribution < 1.29 is 28.2 Å². The summed E-state index contributed by atoms with van der Waals surface area (Å²) in [6, 6.07) is 11.4. The highest BCUT2D eigenvalue weighted by Gasteiger charge is 2.39. The predicted molar refractivity (Wildman–Crippen MR) is 244 cm³/mol. The van der Waals surface area contributed by atoms with Crippen molar-refractivity contribution in [1.29, 1.82) is 0 Å². The highest BCUT2D eigenvalue weighted by molar-refractivity contribution is 7.16. The van der Waals surface area contributed by atoms with Crippen LogP contribution in [0.4, 0.5) is 9.18 Å². The third-order valence-corrected chi connectivity index (χ3v) is 14.2. The van der Waals surface area contributed by atoms with Crippen LogP contribution in [-0.2, 0) is 20.7 Å². The molecule has 5 N–H and O–H groups in total. The first kappa shape index (κ1) is 43.5. The molecule has 17 heteroatoms. The quantitative estimate of drug-likeness (QED) is 0.0995. The van der Waals surface area contributed by atoms with Crippen molar-refractivity contribution in [2.75, 3.05) is 20.2 Å². The standard InChI is InChI=1S/C47H53ClFN9O5S/c1-7-27-28-18-25(30-21-51-43(53-30)34-11-9-17-57(34)45(60)40(24(4)5)55-47(61)62-6)12-13-32(28)58-41(27)38-29(49)19-26(20-35(38)63-46(58)36-14-15-37(48)64-36)31-22-52-42(54-31)33-10-8-16-56(33)44(59)39(50)23(2)3/h12-15,18-24,33-34,39-40,46H,7-11,16-17,50H2,1-6H3,(H,51,53)(H,52,54)(H,55,61)/t33-,34-,39-,40-,46?/m0/s1. The number of imidazole rings is 2. The van der Waals surface area contributed by atoms with Crippen LogP contribution in [0.2, 0.25) is 4.34 Å². The Balaban J connectivity index is 1.07. The van der Waals surface area contributed by atoms with Gasteiger partial charge in [0.15, 0.2) is 0 Å². The second-order valence-corrected chi connectivity index (χ2v) is 19.3. The van der Waals surface area contributed by atoms with Gasteiger partial charge in [-0.25, -0.2) is 19.2 Å². The lowest BCUT2D eigenvalue weighted by Gasteiger charge is -2.30. The average Bonchev–Trinajstić information content (AvgIpc) is 4.15. The van der Waals surface area contributed by atoms with Crippen LogP contribution < -0.4 is 15.8 Å². The Morgan fingerprint density at radius 1 is 0.938 bits per heavy atom. The average molecular weight is 911 g/mol. The van der Waals surface area contributed by atoms with Crippen LogP contribution in [0.1, 0.15) is 101 Å². The van der Waals surface area contributed by atoms with E-state index in [2.05, 4.69) is 32.8 Å². The highest BCUT2D eigenvalue weighted by atomic mass is 35.5. The second-order valence-electron chi connectivity index (χ2n) is 17.6. The number of carbonyl (C=O) groups excluding carboxylic acids is 3. The molecule has 5 atom stereocenters. The molecule has 64 heavy (non-hydrogen) atoms. The minimum Gasteiger partial charge on any atom is -0.464 e. The molecule has 1 unspecified atom stereocenters. The molecule has 0 aliphatic carbocycles. The van der Waals surface area contributed by atoms with Crippen LogP contribution >= 0.6 is 22.9 Å². The Hall–Kier alpha value is -5.71. The van der Waals surface area contributed by atoms with E-state index in [0.717, 1.165) is 64.0 Å². The van der Waals surface area contributed by atoms with Crippen molar-refractivity contribution in [2.45, 2.75) is 97.1 Å². The summed E-state index contributed by atoms with van der Waals surface area (Å²) in [5.41, 5.74) is 12.0. The van der Waals surface area contributed by atoms with Gasteiger partial charge in [0.1, 0.15) is 29.3 Å². The summed E-state index contributed by atoms with van der Waals surface area (Å²) in [6.45, 7) is 10.9. The number of nitrogens with zero attached hydrogens (tertiary/aromatic N) is 5. The number of amides is 3. The van der Waals surface area contributed by atoms with E-state index < -0.39 is 30.2 Å². The fraction of sp³-hybridized carbons (Fsp3) is 0.426. The minimum absolute atomic E-state index is 0.00327. The Morgan fingerprint density at radius 2 is 1.59 bits per heavy atom. The Labute approximate surface area is 379 Å². The molecule has 0 saturated carbocycles. The van der Waals surface area contributed by atoms with E-state index in [4.69, 9.17) is 36.8 Å². The van der Waals surface area contributed by atoms with Gasteiger partial charge in [-0.3, -0.25) is 14.2 Å². The number of benzene rings is 2. The molecular weight excluding hydrogens is 857 g/mol. The van der Waals surface area contributed by atoms with Gasteiger partial charge < -0.3 is 40.3 Å². The van der Waals surface area contributed by atoms with Crippen molar-refractivity contribution in [3.63, 3.8) is 0 Å². The topological polar surface area (TPSA) is 176 Å². The number of alkyl carbamates (subject to hydrolysis) is 1. The van der Waals surface area contributed by atoms with Crippen molar-refractivity contribution in [1.82, 2.24) is 39.6 Å². The monoisotopic (exact) mass is 909 g/mol. The molecule has 3 amide bonds. The van der Waals surface area contributed by atoms with Gasteiger partial charge >= 0.3 is 6.09 Å². The fourth-order valence-corrected chi connectivity index (χ4v) is 10.7. The third-order valence-electron chi connectivity index (χ3n) is 13.0. The van der Waals surface area contributed by atoms with E-state index in [-0.39, 0.29) is 35.7 Å². The molecule has 4 aromatic heterocycles. The van der Waals surface area contributed by atoms with Gasteiger partial charge in [-0.15, -0.1) is 11.3 Å². The molecule has 7 heterocycles. The zero-order valence-electron chi connectivity index (χ0n) is 36.7. The zero-order chi connectivity index (χ0) is 45.1. The van der Waals surface area contributed by atoms with Crippen molar-refractivity contribution in [2.24, 2.45) is 17.6 Å². The van der Waals surface area contributed by atoms with Crippen LogP contribution in [-0.4, -0.2) is 84.5 Å². The van der Waals surface area contributed by atoms with Gasteiger partial charge in [0.25, 0.3) is 0 Å². The Morgan fingerprint density at radius 3 is 2.19 bits per heavy atom. The molecule has 14 nitrogen and oxygen atoms in total. The maximum Gasteiger partial charge on any atom is 0.407 e. The van der Waals surface area contributed by atoms with Crippen molar-refractivity contribution >= 4 is 51.7 Å². The number of likely N-dealkylation sites (tertiary alicyclic amines) is 2. The van der Waals surface area contributed by atoms with Gasteiger partial charge in [0.05, 0.1) is 75.0 Å². The Bertz CT molecular complexity index is 2760. The van der Waals surface area contributed by atoms with Gasteiger partial charge in [0.2, 0.25) is 18.0 Å². The lowest BCUT2D eigenvalue weighted by Crippen LogP contribution is -2.51. The summed E-state index contributed by atoms with van der Waals surface area (Å²) < 4.78 is 31.3. The molecule has 336 valence electrons. The summed E-state index contributed by atoms with van der Waals surface area (Å²) in [6.07, 6.45) is 5.89. The van der Waals surface area contributed by atoms with E-state index in [0.29, 0.717) is 58.1 Å². The number of carbonyl (C=O) groups is 3. The molecule has 2 fully saturated rings. The van der Waals surface area contributed by atoms with Crippen molar-refractivity contribution in [3.05, 3.63) is 87.1 Å². The lowest BCUT2D eigenvalue weighted by atomic mass is 9.98. The normalized spacial score (nSPS) is 19.3. The molecule has 6 aromatic rings. The van der Waals surface area contributed by atoms with Crippen LogP contribution in [0.25, 0.3) is 44.7 Å². The number of hydrogen-bond donors (Lipinski definition) is 4. The lowest BCUT2D eigenvalue weighted by molar-refractivity contribution is -0.136. The van der Waals surface area contributed by atoms with E-state index in [1.165, 1.54) is 24.5 Å². The maximum absolute atomic E-state index is 17.0. The Kier molecular flexibility index (Phi) is 11.8. The number of methoxy groups -OCH3 is 1. The van der Waals surface area contributed by atoms with Gasteiger partial charge in [-0.2, -0.15) is 0 Å². The number of aryl methyl sites for hydroxylation is 1. The number of aromatic amines is 2. The number of ether oxygens (including phenoxy) is 2. The first-order valence-corrected chi connectivity index (χ1v) is 23.2. The molecule has 0 radical (unpaired) electrons. The number of halogens is 2. The van der Waals surface area contributed by atoms with E-state index in [1.54, 1.807) is 17.3 Å². The summed E-state index contributed by atoms with van der Waals surface area (Å²) in [5, 5.41) is 3.65. The number of H-pyrrole nitrogens is 2. The zero-order valence-corrected chi connectivity index (χ0v) is 38.3. The third kappa shape index (κ3) is 7.62. The highest BCUT2D eigenvalue weighted by Crippen LogP contribution is 2.51. The van der Waals surface area contributed by atoms with E-state index in [1.807, 2.05) is 62.9 Å². The van der Waals surface area contributed by atoms with Crippen LogP contribution in [0.3, 0.4) is 0 Å². The maximum atomic E-state index is 17.0. The van der Waals surface area contributed by atoms with E-state index in [9.17, 15) is 14.4 Å². The minimum atomic E-state index is -0.739. The number of fused-ring (bicyclic) bond motifs is 5. The van der Waals surface area contributed by atoms with Crippen LogP contribution in [0.15, 0.2) is 54.9 Å². The fourth-order valence-electron chi connectivity index (χ4n) is 9.59. The van der Waals surface area contributed by atoms with Crippen molar-refractivity contribution in [3.8, 4) is 39.5 Å². The molecule has 0 bridgehead atoms.